The first-order valence-corrected chi connectivity index (χ1v) is 8.46. The minimum Gasteiger partial charge on any atom is -0.461 e. The van der Waals surface area contributed by atoms with Crippen LogP contribution in [0.1, 0.15) is 25.0 Å². The van der Waals surface area contributed by atoms with Crippen LogP contribution in [0.25, 0.3) is 11.6 Å². The minimum absolute atomic E-state index is 0.280. The van der Waals surface area contributed by atoms with Gasteiger partial charge in [-0.3, -0.25) is 0 Å². The van der Waals surface area contributed by atoms with Crippen molar-refractivity contribution in [2.45, 2.75) is 13.8 Å². The van der Waals surface area contributed by atoms with Crippen molar-refractivity contribution in [3.63, 3.8) is 0 Å². The summed E-state index contributed by atoms with van der Waals surface area (Å²) in [6, 6.07) is 19.5. The Balaban J connectivity index is 2.14. The number of benzene rings is 2. The highest BCUT2D eigenvalue weighted by Crippen LogP contribution is 2.19. The van der Waals surface area contributed by atoms with Gasteiger partial charge in [0.1, 0.15) is 6.61 Å². The summed E-state index contributed by atoms with van der Waals surface area (Å²) in [4.78, 5) is 14.8. The van der Waals surface area contributed by atoms with Crippen molar-refractivity contribution in [2.75, 3.05) is 26.2 Å². The average molecular weight is 323 g/mol. The molecular formula is C21H25NO2. The van der Waals surface area contributed by atoms with E-state index in [0.29, 0.717) is 12.2 Å². The Morgan fingerprint density at radius 2 is 1.54 bits per heavy atom. The first-order chi connectivity index (χ1) is 11.7. The van der Waals surface area contributed by atoms with Gasteiger partial charge < -0.3 is 9.64 Å². The van der Waals surface area contributed by atoms with Crippen molar-refractivity contribution in [2.24, 2.45) is 0 Å². The highest BCUT2D eigenvalue weighted by molar-refractivity contribution is 6.21. The second-order valence-corrected chi connectivity index (χ2v) is 5.50. The molecule has 2 aromatic carbocycles. The van der Waals surface area contributed by atoms with Gasteiger partial charge in [0.15, 0.2) is 0 Å². The molecule has 0 amide bonds. The Morgan fingerprint density at radius 1 is 0.958 bits per heavy atom. The van der Waals surface area contributed by atoms with Crippen molar-refractivity contribution in [3.05, 3.63) is 71.8 Å². The predicted molar refractivity (Wildman–Crippen MR) is 99.5 cm³/mol. The van der Waals surface area contributed by atoms with Crippen LogP contribution in [0.3, 0.4) is 0 Å². The zero-order chi connectivity index (χ0) is 17.2. The zero-order valence-corrected chi connectivity index (χ0v) is 14.4. The van der Waals surface area contributed by atoms with E-state index in [9.17, 15) is 4.79 Å². The van der Waals surface area contributed by atoms with E-state index in [1.807, 2.05) is 66.7 Å². The lowest BCUT2D eigenvalue weighted by Gasteiger charge is -2.18. The Labute approximate surface area is 144 Å². The summed E-state index contributed by atoms with van der Waals surface area (Å²) in [6.45, 7) is 7.29. The fourth-order valence-electron chi connectivity index (χ4n) is 2.48. The molecule has 3 heteroatoms. The molecule has 0 saturated carbocycles. The smallest absolute Gasteiger partial charge is 0.338 e. The van der Waals surface area contributed by atoms with E-state index < -0.39 is 0 Å². The van der Waals surface area contributed by atoms with Crippen LogP contribution in [0, 0.1) is 0 Å². The molecule has 0 aliphatic heterocycles. The molecule has 126 valence electrons. The van der Waals surface area contributed by atoms with Gasteiger partial charge in [0, 0.05) is 6.54 Å². The molecule has 0 spiro atoms. The molecule has 0 N–H and O–H groups in total. The monoisotopic (exact) mass is 323 g/mol. The maximum atomic E-state index is 12.6. The molecule has 3 nitrogen and oxygen atoms in total. The zero-order valence-electron chi connectivity index (χ0n) is 14.4. The molecule has 0 atom stereocenters. The summed E-state index contributed by atoms with van der Waals surface area (Å²) in [5, 5.41) is 0. The number of ether oxygens (including phenoxy) is 1. The lowest BCUT2D eigenvalue weighted by molar-refractivity contribution is -0.136. The third-order valence-corrected chi connectivity index (χ3v) is 3.95. The number of nitrogens with zero attached hydrogens (tertiary/aromatic N) is 1. The highest BCUT2D eigenvalue weighted by Gasteiger charge is 2.14. The van der Waals surface area contributed by atoms with Gasteiger partial charge in [-0.25, -0.2) is 4.79 Å². The van der Waals surface area contributed by atoms with Crippen molar-refractivity contribution in [3.8, 4) is 0 Å². The van der Waals surface area contributed by atoms with Crippen LogP contribution in [0.4, 0.5) is 0 Å². The van der Waals surface area contributed by atoms with Gasteiger partial charge in [0.25, 0.3) is 0 Å². The number of esters is 1. The van der Waals surface area contributed by atoms with Crippen LogP contribution >= 0.6 is 0 Å². The average Bonchev–Trinajstić information content (AvgIpc) is 2.64. The van der Waals surface area contributed by atoms with Crippen LogP contribution in [0.2, 0.25) is 0 Å². The molecule has 0 bridgehead atoms. The van der Waals surface area contributed by atoms with Gasteiger partial charge in [0.2, 0.25) is 0 Å². The molecule has 0 radical (unpaired) electrons. The number of likely N-dealkylation sites (N-methyl/N-ethyl adjacent to an activating group) is 1. The number of carbonyl (C=O) groups excluding carboxylic acids is 1. The number of hydrogen-bond donors (Lipinski definition) is 0. The van der Waals surface area contributed by atoms with E-state index >= 15 is 0 Å². The molecular weight excluding hydrogens is 298 g/mol. The fourth-order valence-corrected chi connectivity index (χ4v) is 2.48. The van der Waals surface area contributed by atoms with Gasteiger partial charge in [-0.2, -0.15) is 0 Å². The topological polar surface area (TPSA) is 29.5 Å². The third kappa shape index (κ3) is 5.36. The van der Waals surface area contributed by atoms with Crippen LogP contribution in [-0.2, 0) is 9.53 Å². The van der Waals surface area contributed by atoms with Crippen LogP contribution in [-0.4, -0.2) is 37.1 Å². The third-order valence-electron chi connectivity index (χ3n) is 3.95. The second kappa shape index (κ2) is 9.68. The predicted octanol–water partition coefficient (Wildman–Crippen LogP) is 4.11. The van der Waals surface area contributed by atoms with Gasteiger partial charge in [-0.15, -0.1) is 0 Å². The number of hydrogen-bond acceptors (Lipinski definition) is 3. The van der Waals surface area contributed by atoms with Crippen molar-refractivity contribution in [1.82, 2.24) is 4.90 Å². The van der Waals surface area contributed by atoms with Gasteiger partial charge in [-0.1, -0.05) is 74.5 Å². The lowest BCUT2D eigenvalue weighted by Crippen LogP contribution is -2.28. The fraction of sp³-hybridized carbons (Fsp3) is 0.286. The van der Waals surface area contributed by atoms with E-state index in [2.05, 4.69) is 18.7 Å². The molecule has 0 aliphatic carbocycles. The summed E-state index contributed by atoms with van der Waals surface area (Å²) in [6.07, 6.45) is 1.88. The maximum absolute atomic E-state index is 12.6. The van der Waals surface area contributed by atoms with E-state index in [4.69, 9.17) is 4.74 Å². The molecule has 0 heterocycles. The summed E-state index contributed by atoms with van der Waals surface area (Å²) in [7, 11) is 0. The van der Waals surface area contributed by atoms with Gasteiger partial charge >= 0.3 is 5.97 Å². The van der Waals surface area contributed by atoms with E-state index in [1.54, 1.807) is 0 Å². The normalized spacial score (nSPS) is 11.5. The molecule has 0 unspecified atom stereocenters. The standard InChI is InChI=1S/C21H25NO2/c1-3-22(4-2)15-16-24-21(23)20(19-13-9-6-10-14-19)17-18-11-7-5-8-12-18/h5-14,17H,3-4,15-16H2,1-2H3. The maximum Gasteiger partial charge on any atom is 0.338 e. The summed E-state index contributed by atoms with van der Waals surface area (Å²) in [5.74, 6) is -0.280. The summed E-state index contributed by atoms with van der Waals surface area (Å²) in [5.41, 5.74) is 2.44. The van der Waals surface area contributed by atoms with Crippen LogP contribution in [0.15, 0.2) is 60.7 Å². The molecule has 2 aromatic rings. The van der Waals surface area contributed by atoms with E-state index in [-0.39, 0.29) is 5.97 Å². The Bertz CT molecular complexity index is 646. The summed E-state index contributed by atoms with van der Waals surface area (Å²) < 4.78 is 5.52. The molecule has 2 rings (SSSR count). The van der Waals surface area contributed by atoms with Crippen LogP contribution < -0.4 is 0 Å². The Hall–Kier alpha value is -2.39. The van der Waals surface area contributed by atoms with Crippen molar-refractivity contribution >= 4 is 17.6 Å². The van der Waals surface area contributed by atoms with Crippen molar-refractivity contribution in [1.29, 1.82) is 0 Å². The number of rotatable bonds is 8. The first kappa shape index (κ1) is 18.0. The minimum atomic E-state index is -0.280. The number of carbonyl (C=O) groups is 1. The Kier molecular flexibility index (Phi) is 7.24. The molecule has 0 fully saturated rings. The molecule has 0 saturated heterocycles. The largest absolute Gasteiger partial charge is 0.461 e. The molecule has 24 heavy (non-hydrogen) atoms. The van der Waals surface area contributed by atoms with Crippen LogP contribution in [0.5, 0.6) is 0 Å². The first-order valence-electron chi connectivity index (χ1n) is 8.46. The molecule has 0 aliphatic rings. The lowest BCUT2D eigenvalue weighted by atomic mass is 10.0. The van der Waals surface area contributed by atoms with Crippen molar-refractivity contribution < 1.29 is 9.53 Å². The highest BCUT2D eigenvalue weighted by atomic mass is 16.5. The SMILES string of the molecule is CCN(CC)CCOC(=O)C(=Cc1ccccc1)c1ccccc1. The Morgan fingerprint density at radius 3 is 2.12 bits per heavy atom. The summed E-state index contributed by atoms with van der Waals surface area (Å²) >= 11 is 0. The van der Waals surface area contributed by atoms with Gasteiger partial charge in [0.05, 0.1) is 5.57 Å². The second-order valence-electron chi connectivity index (χ2n) is 5.50. The van der Waals surface area contributed by atoms with E-state index in [1.165, 1.54) is 0 Å². The molecule has 0 aromatic heterocycles. The van der Waals surface area contributed by atoms with Gasteiger partial charge in [-0.05, 0) is 30.3 Å². The quantitative estimate of drug-likeness (QED) is 0.416. The van der Waals surface area contributed by atoms with E-state index in [0.717, 1.165) is 30.8 Å².